The molecule has 0 atom stereocenters. The van der Waals surface area contributed by atoms with E-state index in [9.17, 15) is 17.6 Å². The van der Waals surface area contributed by atoms with E-state index in [0.29, 0.717) is 29.4 Å². The van der Waals surface area contributed by atoms with Crippen molar-refractivity contribution >= 4 is 42.6 Å². The second kappa shape index (κ2) is 10.5. The zero-order valence-corrected chi connectivity index (χ0v) is 21.7. The summed E-state index contributed by atoms with van der Waals surface area (Å²) in [7, 11) is -2.40. The fraction of sp³-hybridized carbons (Fsp3) is 0.269. The van der Waals surface area contributed by atoms with Crippen LogP contribution in [0.15, 0.2) is 71.8 Å². The van der Waals surface area contributed by atoms with Crippen LogP contribution >= 0.6 is 11.3 Å². The first-order valence-corrected chi connectivity index (χ1v) is 14.0. The smallest absolute Gasteiger partial charge is 0.245 e. The number of aromatic nitrogens is 2. The average Bonchev–Trinajstić information content (AvgIpc) is 3.35. The molecule has 37 heavy (non-hydrogen) atoms. The Morgan fingerprint density at radius 2 is 1.89 bits per heavy atom. The van der Waals surface area contributed by atoms with Gasteiger partial charge in [-0.15, -0.1) is 0 Å². The lowest BCUT2D eigenvalue weighted by Crippen LogP contribution is -2.44. The number of carbonyl (C=O) groups is 1. The third kappa shape index (κ3) is 5.20. The fourth-order valence-electron chi connectivity index (χ4n) is 4.39. The Labute approximate surface area is 218 Å². The Bertz CT molecular complexity index is 1520. The van der Waals surface area contributed by atoms with Crippen molar-refractivity contribution in [2.75, 3.05) is 25.1 Å². The van der Waals surface area contributed by atoms with E-state index in [4.69, 9.17) is 9.72 Å². The number of hydrogen-bond acceptors (Lipinski definition) is 7. The number of benzene rings is 2. The van der Waals surface area contributed by atoms with Crippen molar-refractivity contribution in [2.24, 2.45) is 5.92 Å². The standard InChI is InChI=1S/C26H25FN4O4S2/c1-35-20-9-10-23-22(16-20)29-26(36-23)31(17-19-6-4-5-13-28-19)25(32)18-11-14-30(15-12-18)37(33,34)24-8-3-2-7-21(24)27/h2-10,13,16,18H,11-12,14-15,17H2,1H3. The number of methoxy groups -OCH3 is 1. The van der Waals surface area contributed by atoms with Crippen molar-refractivity contribution in [1.82, 2.24) is 14.3 Å². The van der Waals surface area contributed by atoms with Gasteiger partial charge in [-0.05, 0) is 49.2 Å². The van der Waals surface area contributed by atoms with Gasteiger partial charge in [0.25, 0.3) is 0 Å². The molecular weight excluding hydrogens is 515 g/mol. The van der Waals surface area contributed by atoms with Gasteiger partial charge in [0.05, 0.1) is 29.6 Å². The summed E-state index contributed by atoms with van der Waals surface area (Å²) in [5.74, 6) is -0.651. The van der Waals surface area contributed by atoms with Crippen molar-refractivity contribution in [3.63, 3.8) is 0 Å². The first-order chi connectivity index (χ1) is 17.9. The Morgan fingerprint density at radius 1 is 1.14 bits per heavy atom. The molecule has 0 radical (unpaired) electrons. The van der Waals surface area contributed by atoms with Crippen molar-refractivity contribution in [1.29, 1.82) is 0 Å². The zero-order valence-electron chi connectivity index (χ0n) is 20.1. The molecule has 0 spiro atoms. The molecular formula is C26H25FN4O4S2. The van der Waals surface area contributed by atoms with Crippen molar-refractivity contribution < 1.29 is 22.3 Å². The van der Waals surface area contributed by atoms with E-state index >= 15 is 0 Å². The molecule has 1 aliphatic rings. The van der Waals surface area contributed by atoms with Crippen molar-refractivity contribution in [2.45, 2.75) is 24.3 Å². The number of halogens is 1. The minimum atomic E-state index is -3.99. The molecule has 2 aromatic carbocycles. The number of carbonyl (C=O) groups excluding carboxylic acids is 1. The largest absolute Gasteiger partial charge is 0.497 e. The lowest BCUT2D eigenvalue weighted by molar-refractivity contribution is -0.123. The highest BCUT2D eigenvalue weighted by molar-refractivity contribution is 7.89. The number of pyridine rings is 1. The molecule has 1 aliphatic heterocycles. The third-order valence-electron chi connectivity index (χ3n) is 6.38. The number of piperidine rings is 1. The Morgan fingerprint density at radius 3 is 2.59 bits per heavy atom. The van der Waals surface area contributed by atoms with E-state index in [1.807, 2.05) is 36.4 Å². The molecule has 192 valence electrons. The molecule has 8 nitrogen and oxygen atoms in total. The van der Waals surface area contributed by atoms with Crippen LogP contribution in [0.5, 0.6) is 5.75 Å². The second-order valence-corrected chi connectivity index (χ2v) is 11.6. The number of amides is 1. The maximum Gasteiger partial charge on any atom is 0.245 e. The lowest BCUT2D eigenvalue weighted by Gasteiger charge is -2.33. The molecule has 0 unspecified atom stereocenters. The summed E-state index contributed by atoms with van der Waals surface area (Å²) in [6.07, 6.45) is 2.32. The van der Waals surface area contributed by atoms with Crippen LogP contribution in [-0.2, 0) is 21.4 Å². The molecule has 1 fully saturated rings. The van der Waals surface area contributed by atoms with Gasteiger partial charge in [-0.3, -0.25) is 14.7 Å². The first kappa shape index (κ1) is 25.2. The highest BCUT2D eigenvalue weighted by atomic mass is 32.2. The summed E-state index contributed by atoms with van der Waals surface area (Å²) in [6, 6.07) is 16.4. The van der Waals surface area contributed by atoms with Crippen molar-refractivity contribution in [3.8, 4) is 5.75 Å². The number of fused-ring (bicyclic) bond motifs is 1. The Balaban J connectivity index is 1.38. The molecule has 1 saturated heterocycles. The number of thiazole rings is 1. The van der Waals surface area contributed by atoms with Gasteiger partial charge in [0.15, 0.2) is 5.13 Å². The number of anilines is 1. The Hall–Kier alpha value is -3.41. The summed E-state index contributed by atoms with van der Waals surface area (Å²) in [5.41, 5.74) is 1.44. The van der Waals surface area contributed by atoms with Crippen LogP contribution in [0.2, 0.25) is 0 Å². The van der Waals surface area contributed by atoms with Crippen molar-refractivity contribution in [3.05, 3.63) is 78.4 Å². The van der Waals surface area contributed by atoms with Crippen LogP contribution < -0.4 is 9.64 Å². The summed E-state index contributed by atoms with van der Waals surface area (Å²) >= 11 is 1.40. The van der Waals surface area contributed by atoms with E-state index in [1.165, 1.54) is 33.8 Å². The molecule has 5 rings (SSSR count). The first-order valence-electron chi connectivity index (χ1n) is 11.8. The zero-order chi connectivity index (χ0) is 26.0. The van der Waals surface area contributed by atoms with Crippen LogP contribution in [0, 0.1) is 11.7 Å². The normalized spacial score (nSPS) is 15.1. The van der Waals surface area contributed by atoms with Gasteiger partial charge in [-0.1, -0.05) is 29.5 Å². The molecule has 0 aliphatic carbocycles. The fourth-order valence-corrected chi connectivity index (χ4v) is 6.87. The van der Waals surface area contributed by atoms with E-state index in [0.717, 1.165) is 16.3 Å². The summed E-state index contributed by atoms with van der Waals surface area (Å²) in [4.78, 5) is 24.2. The number of sulfonamides is 1. The summed E-state index contributed by atoms with van der Waals surface area (Å²) in [5, 5.41) is 0.542. The number of rotatable bonds is 7. The molecule has 1 amide bonds. The monoisotopic (exact) mass is 540 g/mol. The van der Waals surface area contributed by atoms with Gasteiger partial charge >= 0.3 is 0 Å². The van der Waals surface area contributed by atoms with Crippen LogP contribution in [0.4, 0.5) is 9.52 Å². The van der Waals surface area contributed by atoms with Gasteiger partial charge < -0.3 is 4.74 Å². The predicted octanol–water partition coefficient (Wildman–Crippen LogP) is 4.47. The molecule has 4 aromatic rings. The third-order valence-corrected chi connectivity index (χ3v) is 9.38. The highest BCUT2D eigenvalue weighted by Crippen LogP contribution is 2.34. The van der Waals surface area contributed by atoms with Gasteiger partial charge in [-0.25, -0.2) is 17.8 Å². The van der Waals surface area contributed by atoms with E-state index in [-0.39, 0.29) is 30.4 Å². The SMILES string of the molecule is COc1ccc2sc(N(Cc3ccccn3)C(=O)C3CCN(S(=O)(=O)c4ccccc4F)CC3)nc2c1. The van der Waals surface area contributed by atoms with Crippen LogP contribution in [0.1, 0.15) is 18.5 Å². The minimum Gasteiger partial charge on any atom is -0.497 e. The Kier molecular flexibility index (Phi) is 7.18. The van der Waals surface area contributed by atoms with Gasteiger partial charge in [0.1, 0.15) is 16.5 Å². The minimum absolute atomic E-state index is 0.127. The average molecular weight is 541 g/mol. The van der Waals surface area contributed by atoms with E-state index < -0.39 is 21.8 Å². The number of nitrogens with zero attached hydrogens (tertiary/aromatic N) is 4. The van der Waals surface area contributed by atoms with E-state index in [1.54, 1.807) is 18.2 Å². The molecule has 0 saturated carbocycles. The molecule has 3 heterocycles. The van der Waals surface area contributed by atoms with Gasteiger partial charge in [-0.2, -0.15) is 4.31 Å². The van der Waals surface area contributed by atoms with Gasteiger partial charge in [0.2, 0.25) is 15.9 Å². The maximum absolute atomic E-state index is 14.2. The van der Waals surface area contributed by atoms with Gasteiger partial charge in [0, 0.05) is 31.3 Å². The molecule has 11 heteroatoms. The van der Waals surface area contributed by atoms with Crippen LogP contribution in [-0.4, -0.2) is 48.8 Å². The summed E-state index contributed by atoms with van der Waals surface area (Å²) in [6.45, 7) is 0.494. The summed E-state index contributed by atoms with van der Waals surface area (Å²) < 4.78 is 47.7. The lowest BCUT2D eigenvalue weighted by atomic mass is 9.96. The van der Waals surface area contributed by atoms with E-state index in [2.05, 4.69) is 4.98 Å². The maximum atomic E-state index is 14.2. The van der Waals surface area contributed by atoms with Crippen LogP contribution in [0.25, 0.3) is 10.2 Å². The molecule has 0 bridgehead atoms. The quantitative estimate of drug-likeness (QED) is 0.343. The predicted molar refractivity (Wildman–Crippen MR) is 139 cm³/mol. The molecule has 0 N–H and O–H groups in total. The highest BCUT2D eigenvalue weighted by Gasteiger charge is 2.36. The number of hydrogen-bond donors (Lipinski definition) is 0. The number of ether oxygens (including phenoxy) is 1. The molecule has 2 aromatic heterocycles. The second-order valence-electron chi connectivity index (χ2n) is 8.68. The van der Waals surface area contributed by atoms with Crippen LogP contribution in [0.3, 0.4) is 0 Å². The topological polar surface area (TPSA) is 92.7 Å².